The topological polar surface area (TPSA) is 130 Å². The summed E-state index contributed by atoms with van der Waals surface area (Å²) >= 11 is 0. The summed E-state index contributed by atoms with van der Waals surface area (Å²) in [6.07, 6.45) is 0. The lowest BCUT2D eigenvalue weighted by Gasteiger charge is -2.09. The van der Waals surface area contributed by atoms with Crippen molar-refractivity contribution < 1.29 is 33.1 Å². The highest BCUT2D eigenvalue weighted by molar-refractivity contribution is 6.05. The zero-order chi connectivity index (χ0) is 22.5. The molecule has 162 valence electrons. The third-order valence-corrected chi connectivity index (χ3v) is 4.36. The molecule has 3 aromatic rings. The number of carbonyl (C=O) groups is 2. The number of hydrogen-bond donors (Lipinski definition) is 1. The van der Waals surface area contributed by atoms with Crippen LogP contribution in [0.1, 0.15) is 23.0 Å². The quantitative estimate of drug-likeness (QED) is 0.325. The van der Waals surface area contributed by atoms with Crippen molar-refractivity contribution in [1.29, 1.82) is 0 Å². The second kappa shape index (κ2) is 9.16. The van der Waals surface area contributed by atoms with E-state index in [0.29, 0.717) is 33.8 Å². The van der Waals surface area contributed by atoms with Gasteiger partial charge in [-0.2, -0.15) is 0 Å². The Hall–Kier alpha value is -4.08. The number of methoxy groups -OCH3 is 1. The second-order valence-electron chi connectivity index (χ2n) is 6.39. The number of ether oxygens (including phenoxy) is 3. The molecule has 0 aliphatic carbocycles. The summed E-state index contributed by atoms with van der Waals surface area (Å²) in [6.45, 7) is 3.18. The molecule has 2 aromatic carbocycles. The third kappa shape index (κ3) is 4.74. The Labute approximate surface area is 176 Å². The number of hydrogen-bond acceptors (Lipinski definition) is 8. The van der Waals surface area contributed by atoms with Gasteiger partial charge in [-0.25, -0.2) is 4.79 Å². The smallest absolute Gasteiger partial charge is 0.342 e. The molecular formula is C21H20N2O8. The molecule has 10 nitrogen and oxygen atoms in total. The molecule has 0 fully saturated rings. The van der Waals surface area contributed by atoms with Gasteiger partial charge in [-0.3, -0.25) is 14.9 Å². The number of nitro benzene ring substituents is 1. The summed E-state index contributed by atoms with van der Waals surface area (Å²) in [5.41, 5.74) is 0.485. The Balaban J connectivity index is 1.74. The zero-order valence-electron chi connectivity index (χ0n) is 17.1. The van der Waals surface area contributed by atoms with Crippen LogP contribution in [0.25, 0.3) is 11.0 Å². The summed E-state index contributed by atoms with van der Waals surface area (Å²) in [5, 5.41) is 14.2. The number of nitrogens with one attached hydrogen (secondary N) is 1. The Morgan fingerprint density at radius 3 is 2.58 bits per heavy atom. The van der Waals surface area contributed by atoms with E-state index in [4.69, 9.17) is 18.6 Å². The van der Waals surface area contributed by atoms with Crippen molar-refractivity contribution in [2.24, 2.45) is 0 Å². The number of esters is 1. The average molecular weight is 428 g/mol. The van der Waals surface area contributed by atoms with E-state index in [1.54, 1.807) is 32.0 Å². The van der Waals surface area contributed by atoms with E-state index < -0.39 is 23.4 Å². The van der Waals surface area contributed by atoms with Gasteiger partial charge >= 0.3 is 5.97 Å². The van der Waals surface area contributed by atoms with Gasteiger partial charge in [0.25, 0.3) is 11.6 Å². The van der Waals surface area contributed by atoms with Crippen LogP contribution in [0, 0.1) is 17.0 Å². The molecule has 0 spiro atoms. The number of aryl methyl sites for hydroxylation is 1. The van der Waals surface area contributed by atoms with E-state index >= 15 is 0 Å². The lowest BCUT2D eigenvalue weighted by molar-refractivity contribution is -0.384. The van der Waals surface area contributed by atoms with Gasteiger partial charge in [-0.05, 0) is 44.2 Å². The van der Waals surface area contributed by atoms with Crippen molar-refractivity contribution in [1.82, 2.24) is 0 Å². The van der Waals surface area contributed by atoms with Crippen molar-refractivity contribution in [2.45, 2.75) is 13.8 Å². The summed E-state index contributed by atoms with van der Waals surface area (Å²) in [5.74, 6) is -0.0849. The van der Waals surface area contributed by atoms with Crippen LogP contribution in [-0.2, 0) is 9.53 Å². The Morgan fingerprint density at radius 1 is 1.16 bits per heavy atom. The molecule has 0 unspecified atom stereocenters. The fourth-order valence-electron chi connectivity index (χ4n) is 2.98. The van der Waals surface area contributed by atoms with Crippen molar-refractivity contribution in [3.05, 3.63) is 57.8 Å². The lowest BCUT2D eigenvalue weighted by atomic mass is 10.1. The monoisotopic (exact) mass is 428 g/mol. The van der Waals surface area contributed by atoms with Crippen molar-refractivity contribution >= 4 is 34.2 Å². The number of anilines is 1. The molecule has 1 N–H and O–H groups in total. The minimum Gasteiger partial charge on any atom is -0.496 e. The van der Waals surface area contributed by atoms with Crippen molar-refractivity contribution in [2.75, 3.05) is 25.6 Å². The van der Waals surface area contributed by atoms with Gasteiger partial charge in [-0.1, -0.05) is 0 Å². The van der Waals surface area contributed by atoms with E-state index in [0.717, 1.165) is 0 Å². The fraction of sp³-hybridized carbons (Fsp3) is 0.238. The van der Waals surface area contributed by atoms with Crippen LogP contribution in [0.3, 0.4) is 0 Å². The fourth-order valence-corrected chi connectivity index (χ4v) is 2.98. The number of fused-ring (bicyclic) bond motifs is 1. The van der Waals surface area contributed by atoms with E-state index in [1.807, 2.05) is 0 Å². The summed E-state index contributed by atoms with van der Waals surface area (Å²) in [4.78, 5) is 35.1. The predicted molar refractivity (Wildman–Crippen MR) is 111 cm³/mol. The second-order valence-corrected chi connectivity index (χ2v) is 6.39. The van der Waals surface area contributed by atoms with E-state index in [9.17, 15) is 19.7 Å². The summed E-state index contributed by atoms with van der Waals surface area (Å²) < 4.78 is 21.1. The maximum atomic E-state index is 12.3. The first-order chi connectivity index (χ1) is 14.8. The minimum atomic E-state index is -0.620. The maximum absolute atomic E-state index is 12.3. The van der Waals surface area contributed by atoms with Crippen LogP contribution >= 0.6 is 0 Å². The van der Waals surface area contributed by atoms with Crippen molar-refractivity contribution in [3.8, 4) is 11.5 Å². The van der Waals surface area contributed by atoms with Gasteiger partial charge in [-0.15, -0.1) is 0 Å². The number of furan rings is 1. The van der Waals surface area contributed by atoms with Crippen LogP contribution in [0.5, 0.6) is 11.5 Å². The normalized spacial score (nSPS) is 10.5. The summed E-state index contributed by atoms with van der Waals surface area (Å²) in [6, 6.07) is 8.86. The molecule has 1 heterocycles. The third-order valence-electron chi connectivity index (χ3n) is 4.36. The van der Waals surface area contributed by atoms with Gasteiger partial charge in [0.15, 0.2) is 6.61 Å². The highest BCUT2D eigenvalue weighted by Gasteiger charge is 2.21. The standard InChI is InChI=1S/C21H20N2O8/c1-4-29-21(25)20-12(2)31-18-8-6-14(9-15(18)20)30-11-19(24)22-16-7-5-13(28-3)10-17(16)23(26)27/h5-10H,4,11H2,1-3H3,(H,22,24). The van der Waals surface area contributed by atoms with Gasteiger partial charge in [0.2, 0.25) is 0 Å². The van der Waals surface area contributed by atoms with E-state index in [-0.39, 0.29) is 18.0 Å². The van der Waals surface area contributed by atoms with Crippen LogP contribution in [0.15, 0.2) is 40.8 Å². The molecule has 31 heavy (non-hydrogen) atoms. The van der Waals surface area contributed by atoms with Crippen molar-refractivity contribution in [3.63, 3.8) is 0 Å². The minimum absolute atomic E-state index is 0.0184. The molecule has 0 radical (unpaired) electrons. The molecular weight excluding hydrogens is 408 g/mol. The number of rotatable bonds is 8. The zero-order valence-corrected chi connectivity index (χ0v) is 17.1. The number of nitro groups is 1. The average Bonchev–Trinajstić information content (AvgIpc) is 3.07. The number of nitrogens with zero attached hydrogens (tertiary/aromatic N) is 1. The van der Waals surface area contributed by atoms with Gasteiger partial charge < -0.3 is 23.9 Å². The maximum Gasteiger partial charge on any atom is 0.342 e. The first-order valence-electron chi connectivity index (χ1n) is 9.29. The Kier molecular flexibility index (Phi) is 6.39. The van der Waals surface area contributed by atoms with Gasteiger partial charge in [0.05, 0.1) is 24.7 Å². The number of amides is 1. The number of carbonyl (C=O) groups excluding carboxylic acids is 2. The SMILES string of the molecule is CCOC(=O)c1c(C)oc2ccc(OCC(=O)Nc3ccc(OC)cc3[N+](=O)[O-])cc12. The van der Waals surface area contributed by atoms with Crippen LogP contribution in [-0.4, -0.2) is 37.1 Å². The summed E-state index contributed by atoms with van der Waals surface area (Å²) in [7, 11) is 1.39. The first kappa shape index (κ1) is 21.6. The van der Waals surface area contributed by atoms with Gasteiger partial charge in [0.1, 0.15) is 34.1 Å². The molecule has 3 rings (SSSR count). The van der Waals surface area contributed by atoms with E-state index in [1.165, 1.54) is 25.3 Å². The molecule has 0 bridgehead atoms. The lowest BCUT2D eigenvalue weighted by Crippen LogP contribution is -2.20. The predicted octanol–water partition coefficient (Wildman–Crippen LogP) is 3.85. The molecule has 1 amide bonds. The van der Waals surface area contributed by atoms with Crippen LogP contribution in [0.2, 0.25) is 0 Å². The number of benzene rings is 2. The highest BCUT2D eigenvalue weighted by atomic mass is 16.6. The molecule has 0 aliphatic heterocycles. The van der Waals surface area contributed by atoms with Crippen LogP contribution < -0.4 is 14.8 Å². The molecule has 0 atom stereocenters. The molecule has 0 aliphatic rings. The molecule has 0 saturated heterocycles. The molecule has 0 saturated carbocycles. The first-order valence-corrected chi connectivity index (χ1v) is 9.29. The largest absolute Gasteiger partial charge is 0.496 e. The molecule has 1 aromatic heterocycles. The molecule has 10 heteroatoms. The Morgan fingerprint density at radius 2 is 1.90 bits per heavy atom. The van der Waals surface area contributed by atoms with E-state index in [2.05, 4.69) is 5.32 Å². The van der Waals surface area contributed by atoms with Gasteiger partial charge in [0, 0.05) is 5.39 Å². The Bertz CT molecular complexity index is 1150. The van der Waals surface area contributed by atoms with Crippen LogP contribution in [0.4, 0.5) is 11.4 Å². The highest BCUT2D eigenvalue weighted by Crippen LogP contribution is 2.31.